The number of hydrogen-bond donors (Lipinski definition) is 2. The van der Waals surface area contributed by atoms with Crippen molar-refractivity contribution in [3.8, 4) is 23.4 Å². The van der Waals surface area contributed by atoms with Crippen molar-refractivity contribution in [2.75, 3.05) is 32.0 Å². The smallest absolute Gasteiger partial charge is 0.223 e. The first-order chi connectivity index (χ1) is 20.0. The lowest BCUT2D eigenvalue weighted by molar-refractivity contribution is -0.126. The van der Waals surface area contributed by atoms with Gasteiger partial charge in [0.1, 0.15) is 11.6 Å². The van der Waals surface area contributed by atoms with E-state index in [9.17, 15) is 9.00 Å². The van der Waals surface area contributed by atoms with Crippen LogP contribution >= 0.6 is 0 Å². The van der Waals surface area contributed by atoms with Crippen LogP contribution in [-0.2, 0) is 15.9 Å². The van der Waals surface area contributed by atoms with E-state index in [2.05, 4.69) is 34.0 Å². The molecule has 2 aliphatic rings. The Morgan fingerprint density at radius 1 is 1.20 bits per heavy atom. The first-order valence-electron chi connectivity index (χ1n) is 14.7. The molecule has 41 heavy (non-hydrogen) atoms. The van der Waals surface area contributed by atoms with Gasteiger partial charge in [0.05, 0.1) is 17.9 Å². The maximum Gasteiger partial charge on any atom is 0.223 e. The highest BCUT2D eigenvalue weighted by atomic mass is 32.2. The number of rotatable bonds is 10. The largest absolute Gasteiger partial charge is 0.493 e. The number of aromatic nitrogens is 3. The molecule has 1 aliphatic carbocycles. The molecule has 1 saturated carbocycles. The van der Waals surface area contributed by atoms with Gasteiger partial charge in [0.25, 0.3) is 0 Å². The van der Waals surface area contributed by atoms with Crippen molar-refractivity contribution in [1.29, 1.82) is 0 Å². The number of amides is 1. The summed E-state index contributed by atoms with van der Waals surface area (Å²) in [6.45, 7) is 5.73. The summed E-state index contributed by atoms with van der Waals surface area (Å²) in [6, 6.07) is 9.94. The molecular weight excluding hydrogens is 538 g/mol. The van der Waals surface area contributed by atoms with E-state index in [0.29, 0.717) is 18.9 Å². The Kier molecular flexibility index (Phi) is 10.0. The van der Waals surface area contributed by atoms with Crippen LogP contribution in [0, 0.1) is 23.7 Å². The van der Waals surface area contributed by atoms with E-state index in [4.69, 9.17) is 14.3 Å². The number of carbonyl (C=O) groups is 1. The second kappa shape index (κ2) is 14.1. The summed E-state index contributed by atoms with van der Waals surface area (Å²) >= 11 is -1.81. The van der Waals surface area contributed by atoms with Crippen LogP contribution in [0.1, 0.15) is 57.7 Å². The number of ether oxygens (including phenoxy) is 1. The van der Waals surface area contributed by atoms with Gasteiger partial charge in [-0.05, 0) is 81.7 Å². The van der Waals surface area contributed by atoms with E-state index in [1.54, 1.807) is 6.20 Å². The Balaban J connectivity index is 1.16. The zero-order valence-electron chi connectivity index (χ0n) is 23.6. The molecule has 2 atom stereocenters. The van der Waals surface area contributed by atoms with Gasteiger partial charge in [0.2, 0.25) is 11.7 Å². The highest BCUT2D eigenvalue weighted by Crippen LogP contribution is 2.30. The van der Waals surface area contributed by atoms with Crippen LogP contribution in [0.25, 0.3) is 16.7 Å². The fourth-order valence-corrected chi connectivity index (χ4v) is 6.19. The lowest BCUT2D eigenvalue weighted by atomic mass is 9.82. The number of likely N-dealkylation sites (tertiary alicyclic amines) is 1. The summed E-state index contributed by atoms with van der Waals surface area (Å²) in [5.41, 5.74) is 0.943. The van der Waals surface area contributed by atoms with Crippen LogP contribution in [0.15, 0.2) is 42.7 Å². The molecule has 1 aliphatic heterocycles. The van der Waals surface area contributed by atoms with Gasteiger partial charge in [-0.3, -0.25) is 4.79 Å². The first-order valence-corrected chi connectivity index (χ1v) is 16.0. The van der Waals surface area contributed by atoms with Crippen molar-refractivity contribution >= 4 is 27.9 Å². The molecule has 1 aromatic carbocycles. The van der Waals surface area contributed by atoms with Gasteiger partial charge in [-0.15, -0.1) is 0 Å². The molecule has 1 unspecified atom stereocenters. The predicted octanol–water partition coefficient (Wildman–Crippen LogP) is 4.17. The molecule has 3 heterocycles. The standard InChI is InChI=1S/C31H39N5O4S/c1-2-17-35-18-14-25(22-35)33-31(37)24-10-7-23(8-11-24)9-12-29-32-16-13-30(34-29)36-19-15-26-27(36)5-3-6-28(26)40-20-4-21-41(38)39/h3,5-6,13,15-16,19,23-25H,2,4,7-8,10-11,14,17-18,20-22H2,1H3,(H,33,37)(H,38,39)/t23?,24?,25-/m1/s1. The maximum absolute atomic E-state index is 12.8. The summed E-state index contributed by atoms with van der Waals surface area (Å²) in [5.74, 6) is 9.20. The molecule has 2 aromatic heterocycles. The molecule has 2 fully saturated rings. The number of benzene rings is 1. The summed E-state index contributed by atoms with van der Waals surface area (Å²) in [7, 11) is 0. The Bertz CT molecular complexity index is 1420. The van der Waals surface area contributed by atoms with Crippen molar-refractivity contribution in [2.45, 2.75) is 57.9 Å². The van der Waals surface area contributed by atoms with E-state index < -0.39 is 11.1 Å². The second-order valence-corrected chi connectivity index (χ2v) is 12.0. The fourth-order valence-electron chi connectivity index (χ4n) is 5.83. The average Bonchev–Trinajstić information content (AvgIpc) is 3.62. The number of hydrogen-bond acceptors (Lipinski definition) is 6. The van der Waals surface area contributed by atoms with E-state index in [1.807, 2.05) is 41.1 Å². The first kappa shape index (κ1) is 29.2. The van der Waals surface area contributed by atoms with Crippen LogP contribution < -0.4 is 10.1 Å². The molecular formula is C31H39N5O4S. The minimum absolute atomic E-state index is 0.0856. The molecule has 10 heteroatoms. The fraction of sp³-hybridized carbons (Fsp3) is 0.516. The molecule has 9 nitrogen and oxygen atoms in total. The lowest BCUT2D eigenvalue weighted by Gasteiger charge is -2.26. The van der Waals surface area contributed by atoms with Gasteiger partial charge in [-0.25, -0.2) is 14.2 Å². The molecule has 218 valence electrons. The monoisotopic (exact) mass is 577 g/mol. The van der Waals surface area contributed by atoms with E-state index in [1.165, 1.54) is 0 Å². The maximum atomic E-state index is 12.8. The van der Waals surface area contributed by atoms with Crippen molar-refractivity contribution in [3.63, 3.8) is 0 Å². The third kappa shape index (κ3) is 7.73. The second-order valence-electron chi connectivity index (χ2n) is 11.0. The molecule has 2 N–H and O–H groups in total. The highest BCUT2D eigenvalue weighted by Gasteiger charge is 2.29. The van der Waals surface area contributed by atoms with Crippen molar-refractivity contribution in [3.05, 3.63) is 48.5 Å². The van der Waals surface area contributed by atoms with E-state index >= 15 is 0 Å². The minimum atomic E-state index is -1.81. The summed E-state index contributed by atoms with van der Waals surface area (Å²) < 4.78 is 27.7. The third-order valence-electron chi connectivity index (χ3n) is 7.95. The van der Waals surface area contributed by atoms with Gasteiger partial charge in [0.15, 0.2) is 11.1 Å². The van der Waals surface area contributed by atoms with Crippen LogP contribution in [0.4, 0.5) is 0 Å². The van der Waals surface area contributed by atoms with Crippen LogP contribution in [0.2, 0.25) is 0 Å². The number of nitrogens with zero attached hydrogens (tertiary/aromatic N) is 4. The molecule has 0 radical (unpaired) electrons. The summed E-state index contributed by atoms with van der Waals surface area (Å²) in [5, 5.41) is 4.24. The van der Waals surface area contributed by atoms with Gasteiger partial charge in [-0.2, -0.15) is 0 Å². The Morgan fingerprint density at radius 2 is 2.05 bits per heavy atom. The number of nitrogens with one attached hydrogen (secondary N) is 1. The average molecular weight is 578 g/mol. The molecule has 1 saturated heterocycles. The van der Waals surface area contributed by atoms with E-state index in [-0.39, 0.29) is 29.5 Å². The zero-order valence-corrected chi connectivity index (χ0v) is 24.4. The Morgan fingerprint density at radius 3 is 2.85 bits per heavy atom. The quantitative estimate of drug-likeness (QED) is 0.211. The van der Waals surface area contributed by atoms with Crippen LogP contribution in [0.3, 0.4) is 0 Å². The minimum Gasteiger partial charge on any atom is -0.493 e. The van der Waals surface area contributed by atoms with Crippen molar-refractivity contribution < 1.29 is 18.3 Å². The lowest BCUT2D eigenvalue weighted by Crippen LogP contribution is -2.41. The number of carbonyl (C=O) groups excluding carboxylic acids is 1. The van der Waals surface area contributed by atoms with Gasteiger partial charge < -0.3 is 24.1 Å². The molecule has 0 spiro atoms. The molecule has 3 aromatic rings. The van der Waals surface area contributed by atoms with Crippen molar-refractivity contribution in [2.24, 2.45) is 11.8 Å². The molecule has 5 rings (SSSR count). The molecule has 0 bridgehead atoms. The molecule has 1 amide bonds. The SMILES string of the molecule is CCCN1CC[C@@H](NC(=O)C2CCC(C#Cc3nccc(-n4ccc5c(OCCCS(=O)O)cccc54)n3)CC2)C1. The van der Waals surface area contributed by atoms with Gasteiger partial charge in [0, 0.05) is 48.7 Å². The van der Waals surface area contributed by atoms with Crippen molar-refractivity contribution in [1.82, 2.24) is 24.8 Å². The third-order valence-corrected chi connectivity index (χ3v) is 8.58. The number of fused-ring (bicyclic) bond motifs is 1. The Hall–Kier alpha value is -3.26. The normalized spacial score (nSPS) is 21.8. The van der Waals surface area contributed by atoms with E-state index in [0.717, 1.165) is 80.6 Å². The van der Waals surface area contributed by atoms with Gasteiger partial charge >= 0.3 is 0 Å². The Labute approximate surface area is 244 Å². The predicted molar refractivity (Wildman–Crippen MR) is 160 cm³/mol. The van der Waals surface area contributed by atoms with Gasteiger partial charge in [-0.1, -0.05) is 18.9 Å². The zero-order chi connectivity index (χ0) is 28.6. The summed E-state index contributed by atoms with van der Waals surface area (Å²) in [6.07, 6.45) is 9.94. The highest BCUT2D eigenvalue weighted by molar-refractivity contribution is 7.79. The summed E-state index contributed by atoms with van der Waals surface area (Å²) in [4.78, 5) is 24.4. The van der Waals surface area contributed by atoms with Crippen LogP contribution in [-0.4, -0.2) is 72.1 Å². The van der Waals surface area contributed by atoms with Crippen LogP contribution in [0.5, 0.6) is 5.75 Å². The topological polar surface area (TPSA) is 110 Å².